The van der Waals surface area contributed by atoms with Crippen LogP contribution in [0.1, 0.15) is 20.8 Å². The van der Waals surface area contributed by atoms with Crippen LogP contribution in [0, 0.1) is 0 Å². The van der Waals surface area contributed by atoms with Crippen LogP contribution in [-0.4, -0.2) is 54.3 Å². The normalized spacial score (nSPS) is 21.7. The molecule has 0 aromatic rings. The Kier molecular flexibility index (Phi) is 7.25. The lowest BCUT2D eigenvalue weighted by atomic mass is 10.3. The Morgan fingerprint density at radius 2 is 1.59 bits per heavy atom. The first-order valence-corrected chi connectivity index (χ1v) is 8.55. The lowest BCUT2D eigenvalue weighted by Crippen LogP contribution is -2.56. The highest BCUT2D eigenvalue weighted by Crippen LogP contribution is 2.18. The van der Waals surface area contributed by atoms with Gasteiger partial charge in [0.05, 0.1) is 0 Å². The maximum atomic E-state index is 5.84. The van der Waals surface area contributed by atoms with Gasteiger partial charge in [0.25, 0.3) is 0 Å². The maximum Gasteiger partial charge on any atom is 0.502 e. The van der Waals surface area contributed by atoms with E-state index in [-0.39, 0.29) is 0 Å². The number of hydrogen-bond acceptors (Lipinski definition) is 5. The highest BCUT2D eigenvalue weighted by atomic mass is 28.4. The molecule has 1 atom stereocenters. The summed E-state index contributed by atoms with van der Waals surface area (Å²) in [5.41, 5.74) is 0. The summed E-state index contributed by atoms with van der Waals surface area (Å²) in [5.74, 6) is 0. The molecule has 0 aromatic carbocycles. The predicted octanol–water partition coefficient (Wildman–Crippen LogP) is 0.596. The molecule has 0 radical (unpaired) electrons. The monoisotopic (exact) mass is 262 g/mol. The number of piperazine rings is 1. The number of hydrogen-bond donors (Lipinski definition) is 2. The van der Waals surface area contributed by atoms with E-state index in [1.54, 1.807) is 0 Å². The van der Waals surface area contributed by atoms with E-state index >= 15 is 0 Å². The Bertz CT molecular complexity index is 184. The van der Waals surface area contributed by atoms with Crippen LogP contribution in [0.4, 0.5) is 0 Å². The van der Waals surface area contributed by atoms with Crippen molar-refractivity contribution in [3.8, 4) is 0 Å². The molecule has 1 rings (SSSR count). The molecule has 1 aliphatic rings. The average Bonchev–Trinajstić information content (AvgIpc) is 2.31. The molecular formula is C11H26N2O3Si. The molecule has 0 amide bonds. The molecule has 0 spiro atoms. The summed E-state index contributed by atoms with van der Waals surface area (Å²) < 4.78 is 17.5. The van der Waals surface area contributed by atoms with E-state index in [9.17, 15) is 0 Å². The second kappa shape index (κ2) is 8.18. The summed E-state index contributed by atoms with van der Waals surface area (Å²) >= 11 is 0. The molecule has 0 saturated carbocycles. The van der Waals surface area contributed by atoms with Crippen LogP contribution in [0.3, 0.4) is 0 Å². The van der Waals surface area contributed by atoms with Crippen LogP contribution < -0.4 is 10.6 Å². The van der Waals surface area contributed by atoms with Gasteiger partial charge in [-0.05, 0) is 20.8 Å². The van der Waals surface area contributed by atoms with Gasteiger partial charge in [0, 0.05) is 51.5 Å². The molecule has 1 fully saturated rings. The first-order valence-electron chi connectivity index (χ1n) is 6.62. The van der Waals surface area contributed by atoms with E-state index in [0.29, 0.717) is 25.9 Å². The van der Waals surface area contributed by atoms with Crippen LogP contribution in [0.2, 0.25) is 6.04 Å². The van der Waals surface area contributed by atoms with Crippen molar-refractivity contribution in [3.05, 3.63) is 0 Å². The number of nitrogens with one attached hydrogen (secondary N) is 2. The van der Waals surface area contributed by atoms with Crippen molar-refractivity contribution in [2.24, 2.45) is 0 Å². The Hall–Kier alpha value is 0.0169. The van der Waals surface area contributed by atoms with Crippen LogP contribution in [0.5, 0.6) is 0 Å². The summed E-state index contributed by atoms with van der Waals surface area (Å²) in [6, 6.07) is 1.23. The van der Waals surface area contributed by atoms with Gasteiger partial charge in [-0.1, -0.05) is 0 Å². The van der Waals surface area contributed by atoms with Crippen molar-refractivity contribution in [3.63, 3.8) is 0 Å². The van der Waals surface area contributed by atoms with E-state index in [1.165, 1.54) is 0 Å². The van der Waals surface area contributed by atoms with E-state index in [0.717, 1.165) is 25.7 Å². The van der Waals surface area contributed by atoms with Crippen LogP contribution in [0.25, 0.3) is 0 Å². The summed E-state index contributed by atoms with van der Waals surface area (Å²) in [4.78, 5) is 0. The first kappa shape index (κ1) is 15.1. The second-order valence-electron chi connectivity index (χ2n) is 4.04. The minimum absolute atomic E-state index is 0.389. The lowest BCUT2D eigenvalue weighted by Gasteiger charge is -2.33. The molecule has 1 aliphatic heterocycles. The lowest BCUT2D eigenvalue weighted by molar-refractivity contribution is 0.0681. The van der Waals surface area contributed by atoms with Gasteiger partial charge in [-0.2, -0.15) is 0 Å². The fourth-order valence-electron chi connectivity index (χ4n) is 2.12. The molecule has 1 heterocycles. The smallest absolute Gasteiger partial charge is 0.374 e. The zero-order valence-electron chi connectivity index (χ0n) is 11.3. The van der Waals surface area contributed by atoms with Crippen molar-refractivity contribution in [2.45, 2.75) is 32.9 Å². The van der Waals surface area contributed by atoms with Gasteiger partial charge in [-0.15, -0.1) is 0 Å². The van der Waals surface area contributed by atoms with Crippen LogP contribution in [-0.2, 0) is 13.3 Å². The quantitative estimate of drug-likeness (QED) is 0.627. The van der Waals surface area contributed by atoms with Crippen molar-refractivity contribution in [2.75, 3.05) is 39.5 Å². The maximum absolute atomic E-state index is 5.84. The van der Waals surface area contributed by atoms with Gasteiger partial charge in [0.1, 0.15) is 0 Å². The van der Waals surface area contributed by atoms with Crippen molar-refractivity contribution < 1.29 is 13.3 Å². The minimum Gasteiger partial charge on any atom is -0.374 e. The van der Waals surface area contributed by atoms with Gasteiger partial charge in [0.15, 0.2) is 0 Å². The van der Waals surface area contributed by atoms with Gasteiger partial charge >= 0.3 is 8.80 Å². The van der Waals surface area contributed by atoms with Crippen LogP contribution in [0.15, 0.2) is 0 Å². The highest BCUT2D eigenvalue weighted by Gasteiger charge is 2.42. The van der Waals surface area contributed by atoms with E-state index in [2.05, 4.69) is 10.6 Å². The Morgan fingerprint density at radius 1 is 1.00 bits per heavy atom. The zero-order chi connectivity index (χ0) is 12.6. The average molecular weight is 262 g/mol. The second-order valence-corrected chi connectivity index (χ2v) is 6.68. The topological polar surface area (TPSA) is 51.8 Å². The Morgan fingerprint density at radius 3 is 2.00 bits per heavy atom. The molecular weight excluding hydrogens is 236 g/mol. The molecule has 2 N–H and O–H groups in total. The van der Waals surface area contributed by atoms with E-state index in [1.807, 2.05) is 20.8 Å². The SMILES string of the molecule is CCO[Si](CC1CNCCN1)(OCC)OCC. The molecule has 102 valence electrons. The molecule has 1 unspecified atom stereocenters. The van der Waals surface area contributed by atoms with Gasteiger partial charge in [-0.25, -0.2) is 0 Å². The summed E-state index contributed by atoms with van der Waals surface area (Å²) in [5, 5.41) is 6.86. The van der Waals surface area contributed by atoms with Gasteiger partial charge in [-0.3, -0.25) is 0 Å². The predicted molar refractivity (Wildman–Crippen MR) is 70.1 cm³/mol. The van der Waals surface area contributed by atoms with E-state index in [4.69, 9.17) is 13.3 Å². The molecule has 0 aliphatic carbocycles. The zero-order valence-corrected chi connectivity index (χ0v) is 12.3. The Balaban J connectivity index is 2.57. The third-order valence-electron chi connectivity index (χ3n) is 2.71. The van der Waals surface area contributed by atoms with E-state index < -0.39 is 8.80 Å². The molecule has 0 aromatic heterocycles. The summed E-state index contributed by atoms with van der Waals surface area (Å²) in [6.45, 7) is 10.9. The Labute approximate surface area is 106 Å². The third kappa shape index (κ3) is 5.03. The summed E-state index contributed by atoms with van der Waals surface area (Å²) in [6.07, 6.45) is 0. The third-order valence-corrected chi connectivity index (χ3v) is 5.89. The van der Waals surface area contributed by atoms with Crippen LogP contribution >= 0.6 is 0 Å². The highest BCUT2D eigenvalue weighted by molar-refractivity contribution is 6.60. The first-order chi connectivity index (χ1) is 8.26. The minimum atomic E-state index is -2.49. The summed E-state index contributed by atoms with van der Waals surface area (Å²) in [7, 11) is -2.49. The van der Waals surface area contributed by atoms with Crippen molar-refractivity contribution in [1.29, 1.82) is 0 Å². The van der Waals surface area contributed by atoms with Crippen molar-refractivity contribution in [1.82, 2.24) is 10.6 Å². The molecule has 5 nitrogen and oxygen atoms in total. The van der Waals surface area contributed by atoms with Gasteiger partial charge < -0.3 is 23.9 Å². The number of rotatable bonds is 8. The fraction of sp³-hybridized carbons (Fsp3) is 1.00. The van der Waals surface area contributed by atoms with Gasteiger partial charge in [0.2, 0.25) is 0 Å². The molecule has 6 heteroatoms. The largest absolute Gasteiger partial charge is 0.502 e. The molecule has 1 saturated heterocycles. The standard InChI is InChI=1S/C11H26N2O3Si/c1-4-14-17(15-5-2,16-6-3)10-11-9-12-7-8-13-11/h11-13H,4-10H2,1-3H3. The fourth-order valence-corrected chi connectivity index (χ4v) is 4.94. The molecule has 17 heavy (non-hydrogen) atoms. The van der Waals surface area contributed by atoms with Crippen molar-refractivity contribution >= 4 is 8.80 Å². The molecule has 0 bridgehead atoms.